The Hall–Kier alpha value is -1.54. The molecule has 25 heavy (non-hydrogen) atoms. The first-order valence-electron chi connectivity index (χ1n) is 8.63. The lowest BCUT2D eigenvalue weighted by Gasteiger charge is -2.46. The molecule has 1 amide bonds. The van der Waals surface area contributed by atoms with Crippen LogP contribution >= 0.6 is 0 Å². The Morgan fingerprint density at radius 3 is 2.32 bits per heavy atom. The summed E-state index contributed by atoms with van der Waals surface area (Å²) in [5.74, 6) is -1.55. The molecule has 0 N–H and O–H groups in total. The fourth-order valence-corrected chi connectivity index (χ4v) is 5.69. The van der Waals surface area contributed by atoms with E-state index in [-0.39, 0.29) is 29.3 Å². The standard InChI is InChI=1S/C17H20F2N2O3S/c18-12-7-13(19)9-15(8-12)25(23,24)20-6-5-16-11(10-20)1-4-17(22)21(16)14-2-3-14/h7-9,11,14,16H,1-6,10H2/t11-,16-/m1/s1. The molecule has 5 nitrogen and oxygen atoms in total. The normalized spacial score (nSPS) is 28.1. The number of rotatable bonds is 3. The Bertz CT molecular complexity index is 790. The summed E-state index contributed by atoms with van der Waals surface area (Å²) in [7, 11) is -3.94. The topological polar surface area (TPSA) is 57.7 Å². The zero-order chi connectivity index (χ0) is 17.8. The second-order valence-electron chi connectivity index (χ2n) is 7.16. The third-order valence-corrected chi connectivity index (χ3v) is 7.29. The predicted molar refractivity (Wildman–Crippen MR) is 86.1 cm³/mol. The van der Waals surface area contributed by atoms with Gasteiger partial charge in [-0.05, 0) is 43.7 Å². The van der Waals surface area contributed by atoms with Crippen molar-refractivity contribution in [1.29, 1.82) is 0 Å². The van der Waals surface area contributed by atoms with E-state index >= 15 is 0 Å². The molecule has 0 aromatic heterocycles. The maximum atomic E-state index is 13.4. The van der Waals surface area contributed by atoms with Crippen molar-refractivity contribution in [2.24, 2.45) is 5.92 Å². The third-order valence-electron chi connectivity index (χ3n) is 5.44. The average Bonchev–Trinajstić information content (AvgIpc) is 3.38. The molecule has 0 spiro atoms. The lowest BCUT2D eigenvalue weighted by atomic mass is 9.84. The van der Waals surface area contributed by atoms with Crippen molar-refractivity contribution < 1.29 is 22.0 Å². The Morgan fingerprint density at radius 2 is 1.68 bits per heavy atom. The largest absolute Gasteiger partial charge is 0.336 e. The minimum absolute atomic E-state index is 0.0835. The number of amides is 1. The number of benzene rings is 1. The molecule has 2 atom stereocenters. The summed E-state index contributed by atoms with van der Waals surface area (Å²) in [6, 6.07) is 2.77. The zero-order valence-corrected chi connectivity index (χ0v) is 14.5. The minimum Gasteiger partial charge on any atom is -0.336 e. The molecule has 3 aliphatic rings. The van der Waals surface area contributed by atoms with E-state index in [1.807, 2.05) is 4.90 Å². The van der Waals surface area contributed by atoms with Crippen molar-refractivity contribution in [1.82, 2.24) is 9.21 Å². The van der Waals surface area contributed by atoms with Crippen molar-refractivity contribution in [3.63, 3.8) is 0 Å². The van der Waals surface area contributed by atoms with E-state index in [9.17, 15) is 22.0 Å². The van der Waals surface area contributed by atoms with Crippen LogP contribution in [-0.2, 0) is 14.8 Å². The van der Waals surface area contributed by atoms with Gasteiger partial charge in [-0.1, -0.05) is 0 Å². The predicted octanol–water partition coefficient (Wildman–Crippen LogP) is 2.13. The molecular weight excluding hydrogens is 350 g/mol. The molecule has 4 rings (SSSR count). The van der Waals surface area contributed by atoms with Gasteiger partial charge in [0.25, 0.3) is 0 Å². The fourth-order valence-electron chi connectivity index (χ4n) is 4.13. The maximum Gasteiger partial charge on any atom is 0.243 e. The van der Waals surface area contributed by atoms with Crippen LogP contribution in [0.1, 0.15) is 32.1 Å². The summed E-state index contributed by atoms with van der Waals surface area (Å²) in [5, 5.41) is 0. The molecule has 0 unspecified atom stereocenters. The van der Waals surface area contributed by atoms with Crippen molar-refractivity contribution in [3.05, 3.63) is 29.8 Å². The van der Waals surface area contributed by atoms with Gasteiger partial charge in [-0.25, -0.2) is 17.2 Å². The van der Waals surface area contributed by atoms with Crippen LogP contribution in [0, 0.1) is 17.6 Å². The molecule has 2 heterocycles. The number of sulfonamides is 1. The second-order valence-corrected chi connectivity index (χ2v) is 9.09. The Labute approximate surface area is 145 Å². The van der Waals surface area contributed by atoms with Gasteiger partial charge in [-0.15, -0.1) is 0 Å². The highest BCUT2D eigenvalue weighted by atomic mass is 32.2. The van der Waals surface area contributed by atoms with Crippen LogP contribution in [0.25, 0.3) is 0 Å². The molecule has 8 heteroatoms. The van der Waals surface area contributed by atoms with Gasteiger partial charge in [0.1, 0.15) is 11.6 Å². The Morgan fingerprint density at radius 1 is 1.00 bits per heavy atom. The summed E-state index contributed by atoms with van der Waals surface area (Å²) in [5.41, 5.74) is 0. The quantitative estimate of drug-likeness (QED) is 0.819. The van der Waals surface area contributed by atoms with Gasteiger partial charge in [0.2, 0.25) is 15.9 Å². The number of carbonyl (C=O) groups is 1. The molecule has 1 aromatic rings. The summed E-state index contributed by atoms with van der Waals surface area (Å²) in [4.78, 5) is 13.8. The van der Waals surface area contributed by atoms with E-state index in [0.29, 0.717) is 37.9 Å². The minimum atomic E-state index is -3.94. The van der Waals surface area contributed by atoms with Gasteiger partial charge in [0.15, 0.2) is 0 Å². The summed E-state index contributed by atoms with van der Waals surface area (Å²) >= 11 is 0. The first-order valence-corrected chi connectivity index (χ1v) is 10.1. The van der Waals surface area contributed by atoms with Crippen LogP contribution in [0.5, 0.6) is 0 Å². The smallest absolute Gasteiger partial charge is 0.243 e. The lowest BCUT2D eigenvalue weighted by molar-refractivity contribution is -0.141. The van der Waals surface area contributed by atoms with Crippen molar-refractivity contribution >= 4 is 15.9 Å². The van der Waals surface area contributed by atoms with E-state index in [0.717, 1.165) is 25.0 Å². The maximum absolute atomic E-state index is 13.4. The average molecular weight is 370 g/mol. The SMILES string of the molecule is O=C1CC[C@@H]2CN(S(=O)(=O)c3cc(F)cc(F)c3)CC[C@H]2N1C1CC1. The molecule has 2 aliphatic heterocycles. The van der Waals surface area contributed by atoms with Gasteiger partial charge < -0.3 is 4.90 Å². The van der Waals surface area contributed by atoms with Gasteiger partial charge >= 0.3 is 0 Å². The monoisotopic (exact) mass is 370 g/mol. The fraction of sp³-hybridized carbons (Fsp3) is 0.588. The molecule has 3 fully saturated rings. The van der Waals surface area contributed by atoms with Crippen molar-refractivity contribution in [3.8, 4) is 0 Å². The number of fused-ring (bicyclic) bond motifs is 1. The van der Waals surface area contributed by atoms with Crippen LogP contribution in [0.4, 0.5) is 8.78 Å². The van der Waals surface area contributed by atoms with E-state index in [2.05, 4.69) is 0 Å². The molecule has 2 saturated heterocycles. The number of nitrogens with zero attached hydrogens (tertiary/aromatic N) is 2. The van der Waals surface area contributed by atoms with E-state index in [1.165, 1.54) is 4.31 Å². The Balaban J connectivity index is 1.56. The molecule has 1 saturated carbocycles. The first-order chi connectivity index (χ1) is 11.9. The first kappa shape index (κ1) is 16.9. The molecule has 0 radical (unpaired) electrons. The second kappa shape index (κ2) is 6.02. The van der Waals surface area contributed by atoms with Crippen LogP contribution in [0.2, 0.25) is 0 Å². The summed E-state index contributed by atoms with van der Waals surface area (Å²) in [6.07, 6.45) is 3.74. The lowest BCUT2D eigenvalue weighted by Crippen LogP contribution is -2.57. The number of halogens is 2. The number of carbonyl (C=O) groups excluding carboxylic acids is 1. The van der Waals surface area contributed by atoms with Gasteiger partial charge in [0, 0.05) is 37.7 Å². The van der Waals surface area contributed by atoms with Gasteiger partial charge in [-0.3, -0.25) is 4.79 Å². The number of likely N-dealkylation sites (tertiary alicyclic amines) is 1. The number of hydrogen-bond donors (Lipinski definition) is 0. The summed E-state index contributed by atoms with van der Waals surface area (Å²) < 4.78 is 53.7. The molecule has 0 bridgehead atoms. The zero-order valence-electron chi connectivity index (χ0n) is 13.7. The number of hydrogen-bond acceptors (Lipinski definition) is 3. The molecule has 1 aromatic carbocycles. The van der Waals surface area contributed by atoms with Crippen molar-refractivity contribution in [2.75, 3.05) is 13.1 Å². The highest BCUT2D eigenvalue weighted by Crippen LogP contribution is 2.39. The van der Waals surface area contributed by atoms with Crippen LogP contribution in [0.15, 0.2) is 23.1 Å². The molecule has 1 aliphatic carbocycles. The van der Waals surface area contributed by atoms with E-state index < -0.39 is 21.7 Å². The highest BCUT2D eigenvalue weighted by molar-refractivity contribution is 7.89. The van der Waals surface area contributed by atoms with Crippen molar-refractivity contribution in [2.45, 2.75) is 49.1 Å². The Kier molecular flexibility index (Phi) is 4.07. The number of piperidine rings is 2. The van der Waals surface area contributed by atoms with E-state index in [1.54, 1.807) is 0 Å². The molecular formula is C17H20F2N2O3S. The third kappa shape index (κ3) is 3.06. The van der Waals surface area contributed by atoms with E-state index in [4.69, 9.17) is 0 Å². The van der Waals surface area contributed by atoms with Crippen LogP contribution in [-0.4, -0.2) is 48.7 Å². The summed E-state index contributed by atoms with van der Waals surface area (Å²) in [6.45, 7) is 0.555. The molecule has 136 valence electrons. The highest BCUT2D eigenvalue weighted by Gasteiger charge is 2.46. The van der Waals surface area contributed by atoms with Gasteiger partial charge in [0.05, 0.1) is 4.90 Å². The van der Waals surface area contributed by atoms with Crippen LogP contribution in [0.3, 0.4) is 0 Å². The van der Waals surface area contributed by atoms with Gasteiger partial charge in [-0.2, -0.15) is 4.31 Å². The van der Waals surface area contributed by atoms with Crippen LogP contribution < -0.4 is 0 Å².